The van der Waals surface area contributed by atoms with Crippen molar-refractivity contribution in [1.29, 1.82) is 0 Å². The number of carboxylic acids is 1. The molecule has 1 atom stereocenters. The first-order chi connectivity index (χ1) is 9.30. The molecule has 0 bridgehead atoms. The zero-order chi connectivity index (χ0) is 15.2. The Kier molecular flexibility index (Phi) is 6.25. The van der Waals surface area contributed by atoms with Crippen LogP contribution in [0, 0.1) is 5.92 Å². The Hall–Kier alpha value is -1.31. The number of urea groups is 1. The van der Waals surface area contributed by atoms with Crippen molar-refractivity contribution in [2.75, 3.05) is 18.1 Å². The predicted molar refractivity (Wildman–Crippen MR) is 74.2 cm³/mol. The van der Waals surface area contributed by atoms with Gasteiger partial charge in [0.1, 0.15) is 9.84 Å². The molecule has 8 heteroatoms. The lowest BCUT2D eigenvalue weighted by Gasteiger charge is -2.23. The molecule has 2 amide bonds. The first-order valence-corrected chi connectivity index (χ1v) is 8.60. The van der Waals surface area contributed by atoms with Crippen LogP contribution < -0.4 is 10.6 Å². The maximum atomic E-state index is 11.6. The molecule has 0 aliphatic carbocycles. The highest BCUT2D eigenvalue weighted by Gasteiger charge is 2.24. The van der Waals surface area contributed by atoms with Gasteiger partial charge in [0, 0.05) is 12.6 Å². The van der Waals surface area contributed by atoms with Crippen molar-refractivity contribution in [3.05, 3.63) is 0 Å². The molecular formula is C12H22N2O5S. The van der Waals surface area contributed by atoms with Crippen LogP contribution in [-0.2, 0) is 14.6 Å². The van der Waals surface area contributed by atoms with Gasteiger partial charge >= 0.3 is 12.0 Å². The molecule has 1 unspecified atom stereocenters. The van der Waals surface area contributed by atoms with E-state index < -0.39 is 21.7 Å². The van der Waals surface area contributed by atoms with Crippen molar-refractivity contribution in [1.82, 2.24) is 10.6 Å². The molecule has 1 saturated heterocycles. The molecule has 116 valence electrons. The maximum Gasteiger partial charge on any atom is 0.315 e. The lowest BCUT2D eigenvalue weighted by atomic mass is 10.1. The number of amides is 2. The second-order valence-corrected chi connectivity index (χ2v) is 7.51. The van der Waals surface area contributed by atoms with Crippen LogP contribution in [0.25, 0.3) is 0 Å². The van der Waals surface area contributed by atoms with Crippen LogP contribution in [0.1, 0.15) is 32.6 Å². The van der Waals surface area contributed by atoms with E-state index in [0.717, 1.165) is 0 Å². The van der Waals surface area contributed by atoms with E-state index >= 15 is 0 Å². The van der Waals surface area contributed by atoms with Crippen LogP contribution in [0.2, 0.25) is 0 Å². The normalized spacial score (nSPS) is 20.1. The first kappa shape index (κ1) is 16.7. The number of sulfone groups is 1. The fraction of sp³-hybridized carbons (Fsp3) is 0.833. The fourth-order valence-electron chi connectivity index (χ4n) is 2.00. The van der Waals surface area contributed by atoms with Crippen molar-refractivity contribution in [3.8, 4) is 0 Å². The molecule has 0 aromatic rings. The fourth-order valence-corrected chi connectivity index (χ4v) is 3.50. The molecule has 0 radical (unpaired) electrons. The van der Waals surface area contributed by atoms with E-state index in [0.29, 0.717) is 32.2 Å². The van der Waals surface area contributed by atoms with E-state index in [-0.39, 0.29) is 23.6 Å². The summed E-state index contributed by atoms with van der Waals surface area (Å²) < 4.78 is 22.5. The van der Waals surface area contributed by atoms with Crippen LogP contribution in [-0.4, -0.2) is 49.6 Å². The average Bonchev–Trinajstić information content (AvgIpc) is 2.37. The van der Waals surface area contributed by atoms with E-state index in [9.17, 15) is 18.0 Å². The Morgan fingerprint density at radius 2 is 1.90 bits per heavy atom. The van der Waals surface area contributed by atoms with Gasteiger partial charge in [-0.3, -0.25) is 4.79 Å². The molecule has 1 heterocycles. The molecule has 1 fully saturated rings. The van der Waals surface area contributed by atoms with Crippen molar-refractivity contribution in [2.45, 2.75) is 38.6 Å². The molecule has 0 spiro atoms. The SMILES string of the molecule is CC(CCCNC(=O)NC1CCS(=O)(=O)CC1)C(=O)O. The third-order valence-corrected chi connectivity index (χ3v) is 5.13. The lowest BCUT2D eigenvalue weighted by Crippen LogP contribution is -2.45. The van der Waals surface area contributed by atoms with Gasteiger partial charge in [-0.2, -0.15) is 0 Å². The van der Waals surface area contributed by atoms with Gasteiger partial charge < -0.3 is 15.7 Å². The summed E-state index contributed by atoms with van der Waals surface area (Å²) in [5.41, 5.74) is 0. The molecule has 1 aliphatic heterocycles. The Bertz CT molecular complexity index is 435. The van der Waals surface area contributed by atoms with Crippen LogP contribution in [0.5, 0.6) is 0 Å². The zero-order valence-electron chi connectivity index (χ0n) is 11.6. The Balaban J connectivity index is 2.14. The van der Waals surface area contributed by atoms with Crippen molar-refractivity contribution in [2.24, 2.45) is 5.92 Å². The molecule has 3 N–H and O–H groups in total. The summed E-state index contributed by atoms with van der Waals surface area (Å²) in [4.78, 5) is 22.2. The quantitative estimate of drug-likeness (QED) is 0.613. The summed E-state index contributed by atoms with van der Waals surface area (Å²) in [5.74, 6) is -1.01. The smallest absolute Gasteiger partial charge is 0.315 e. The molecule has 1 aliphatic rings. The second-order valence-electron chi connectivity index (χ2n) is 5.21. The molecule has 1 rings (SSSR count). The summed E-state index contributed by atoms with van der Waals surface area (Å²) >= 11 is 0. The van der Waals surface area contributed by atoms with Crippen LogP contribution in [0.3, 0.4) is 0 Å². The molecule has 0 saturated carbocycles. The largest absolute Gasteiger partial charge is 0.481 e. The van der Waals surface area contributed by atoms with Gasteiger partial charge in [-0.25, -0.2) is 13.2 Å². The van der Waals surface area contributed by atoms with Gasteiger partial charge in [0.15, 0.2) is 0 Å². The average molecular weight is 306 g/mol. The third-order valence-electron chi connectivity index (χ3n) is 3.41. The minimum absolute atomic E-state index is 0.100. The molecule has 0 aromatic heterocycles. The topological polar surface area (TPSA) is 113 Å². The van der Waals surface area contributed by atoms with E-state index in [1.807, 2.05) is 0 Å². The summed E-state index contributed by atoms with van der Waals surface area (Å²) in [5, 5.41) is 14.1. The number of aliphatic carboxylic acids is 1. The van der Waals surface area contributed by atoms with E-state index in [1.54, 1.807) is 6.92 Å². The number of rotatable bonds is 6. The van der Waals surface area contributed by atoms with Gasteiger partial charge in [0.05, 0.1) is 17.4 Å². The van der Waals surface area contributed by atoms with Gasteiger partial charge in [-0.05, 0) is 25.7 Å². The zero-order valence-corrected chi connectivity index (χ0v) is 12.4. The Morgan fingerprint density at radius 1 is 1.30 bits per heavy atom. The third kappa shape index (κ3) is 6.23. The predicted octanol–water partition coefficient (Wildman–Crippen LogP) is 0.364. The van der Waals surface area contributed by atoms with Crippen molar-refractivity contribution in [3.63, 3.8) is 0 Å². The summed E-state index contributed by atoms with van der Waals surface area (Å²) in [6.45, 7) is 2.04. The van der Waals surface area contributed by atoms with Crippen molar-refractivity contribution < 1.29 is 23.1 Å². The highest BCUT2D eigenvalue weighted by molar-refractivity contribution is 7.91. The summed E-state index contributed by atoms with van der Waals surface area (Å²) in [7, 11) is -2.92. The van der Waals surface area contributed by atoms with E-state index in [1.165, 1.54) is 0 Å². The highest BCUT2D eigenvalue weighted by Crippen LogP contribution is 2.11. The maximum absolute atomic E-state index is 11.6. The molecule has 7 nitrogen and oxygen atoms in total. The number of carbonyl (C=O) groups excluding carboxylic acids is 1. The number of hydrogen-bond acceptors (Lipinski definition) is 4. The van der Waals surface area contributed by atoms with Crippen molar-refractivity contribution >= 4 is 21.8 Å². The second kappa shape index (κ2) is 7.47. The highest BCUT2D eigenvalue weighted by atomic mass is 32.2. The summed E-state index contributed by atoms with van der Waals surface area (Å²) in [6, 6.07) is -0.422. The standard InChI is InChI=1S/C12H22N2O5S/c1-9(11(15)16)3-2-6-13-12(17)14-10-4-7-20(18,19)8-5-10/h9-10H,2-8H2,1H3,(H,15,16)(H2,13,14,17). The van der Waals surface area contributed by atoms with Crippen LogP contribution in [0.15, 0.2) is 0 Å². The van der Waals surface area contributed by atoms with Gasteiger partial charge in [-0.15, -0.1) is 0 Å². The number of carbonyl (C=O) groups is 2. The number of carboxylic acid groups (broad SMARTS) is 1. The van der Waals surface area contributed by atoms with E-state index in [2.05, 4.69) is 10.6 Å². The first-order valence-electron chi connectivity index (χ1n) is 6.78. The number of hydrogen-bond donors (Lipinski definition) is 3. The number of nitrogens with one attached hydrogen (secondary N) is 2. The molecule has 20 heavy (non-hydrogen) atoms. The minimum atomic E-state index is -2.92. The Morgan fingerprint density at radius 3 is 2.45 bits per heavy atom. The van der Waals surface area contributed by atoms with Crippen LogP contribution in [0.4, 0.5) is 4.79 Å². The molecule has 0 aromatic carbocycles. The molecular weight excluding hydrogens is 284 g/mol. The summed E-state index contributed by atoms with van der Waals surface area (Å²) in [6.07, 6.45) is 2.01. The van der Waals surface area contributed by atoms with E-state index in [4.69, 9.17) is 5.11 Å². The van der Waals surface area contributed by atoms with Crippen LogP contribution >= 0.6 is 0 Å². The van der Waals surface area contributed by atoms with Gasteiger partial charge in [0.25, 0.3) is 0 Å². The van der Waals surface area contributed by atoms with Gasteiger partial charge in [0.2, 0.25) is 0 Å². The minimum Gasteiger partial charge on any atom is -0.481 e. The van der Waals surface area contributed by atoms with Gasteiger partial charge in [-0.1, -0.05) is 6.92 Å². The monoisotopic (exact) mass is 306 g/mol. The Labute approximate surface area is 119 Å². The lowest BCUT2D eigenvalue weighted by molar-refractivity contribution is -0.141.